The van der Waals surface area contributed by atoms with E-state index in [0.29, 0.717) is 16.7 Å². The zero-order valence-corrected chi connectivity index (χ0v) is 20.4. The fraction of sp³-hybridized carbons (Fsp3) is 0.458. The molecule has 2 aliphatic carbocycles. The number of carbonyl (C=O) groups is 1. The highest BCUT2D eigenvalue weighted by molar-refractivity contribution is 7.46. The van der Waals surface area contributed by atoms with E-state index in [0.717, 1.165) is 12.8 Å². The summed E-state index contributed by atoms with van der Waals surface area (Å²) in [5.74, 6) is 0.0619. The fourth-order valence-corrected chi connectivity index (χ4v) is 6.37. The first kappa shape index (κ1) is 23.7. The molecule has 0 bridgehead atoms. The van der Waals surface area contributed by atoms with Crippen LogP contribution in [0.4, 0.5) is 10.2 Å². The highest BCUT2D eigenvalue weighted by Gasteiger charge is 2.72. The normalized spacial score (nSPS) is 27.8. The second-order valence-corrected chi connectivity index (χ2v) is 10.3. The molecule has 0 radical (unpaired) electrons. The molecule has 0 saturated heterocycles. The van der Waals surface area contributed by atoms with Gasteiger partial charge in [0, 0.05) is 17.6 Å². The molecule has 1 amide bonds. The van der Waals surface area contributed by atoms with E-state index < -0.39 is 26.7 Å². The van der Waals surface area contributed by atoms with Crippen molar-refractivity contribution in [2.24, 2.45) is 11.3 Å². The maximum atomic E-state index is 16.0. The molecule has 2 saturated carbocycles. The van der Waals surface area contributed by atoms with Gasteiger partial charge in [-0.3, -0.25) is 4.79 Å². The third-order valence-electron chi connectivity index (χ3n) is 7.13. The Balaban J connectivity index is 1.39. The Morgan fingerprint density at radius 2 is 2.14 bits per heavy atom. The van der Waals surface area contributed by atoms with Gasteiger partial charge < -0.3 is 18.9 Å². The summed E-state index contributed by atoms with van der Waals surface area (Å²) in [6, 6.07) is 10.4. The molecule has 1 N–H and O–H groups in total. The summed E-state index contributed by atoms with van der Waals surface area (Å²) in [4.78, 5) is 25.7. The van der Waals surface area contributed by atoms with E-state index >= 15 is 4.39 Å². The molecular weight excluding hydrogens is 470 g/mol. The van der Waals surface area contributed by atoms with Crippen LogP contribution in [0.5, 0.6) is 0 Å². The third kappa shape index (κ3) is 4.18. The first-order valence-electron chi connectivity index (χ1n) is 11.6. The molecule has 0 aliphatic heterocycles. The molecular formula is C24H26FN6O3P. The molecule has 2 fully saturated rings. The minimum atomic E-state index is -1.30. The second kappa shape index (κ2) is 9.57. The minimum absolute atomic E-state index is 0.0877. The molecule has 6 atom stereocenters. The van der Waals surface area contributed by atoms with Crippen molar-refractivity contribution in [3.05, 3.63) is 48.5 Å². The molecule has 0 spiro atoms. The number of carbonyl (C=O) groups excluding carboxylic acids is 1. The highest BCUT2D eigenvalue weighted by atomic mass is 31.2. The Hall–Kier alpha value is -2.99. The highest BCUT2D eigenvalue weighted by Crippen LogP contribution is 2.72. The molecule has 2 heterocycles. The van der Waals surface area contributed by atoms with Gasteiger partial charge in [0.15, 0.2) is 25.4 Å². The van der Waals surface area contributed by atoms with E-state index in [4.69, 9.17) is 14.3 Å². The Morgan fingerprint density at radius 1 is 1.34 bits per heavy atom. The lowest BCUT2D eigenvalue weighted by atomic mass is 9.97. The van der Waals surface area contributed by atoms with Gasteiger partial charge in [0.05, 0.1) is 31.5 Å². The van der Waals surface area contributed by atoms with E-state index in [2.05, 4.69) is 27.2 Å². The van der Waals surface area contributed by atoms with Crippen LogP contribution in [0.3, 0.4) is 0 Å². The van der Waals surface area contributed by atoms with Crippen molar-refractivity contribution in [2.75, 3.05) is 18.6 Å². The largest absolute Gasteiger partial charge is 0.333 e. The molecule has 35 heavy (non-hydrogen) atoms. The van der Waals surface area contributed by atoms with Crippen LogP contribution in [0.15, 0.2) is 43.0 Å². The van der Waals surface area contributed by atoms with E-state index in [1.807, 2.05) is 12.1 Å². The maximum absolute atomic E-state index is 16.0. The predicted molar refractivity (Wildman–Crippen MR) is 128 cm³/mol. The lowest BCUT2D eigenvalue weighted by Gasteiger charge is -2.28. The van der Waals surface area contributed by atoms with Crippen LogP contribution >= 0.6 is 8.38 Å². The Kier molecular flexibility index (Phi) is 6.49. The van der Waals surface area contributed by atoms with Crippen molar-refractivity contribution in [2.45, 2.75) is 44.5 Å². The van der Waals surface area contributed by atoms with Crippen molar-refractivity contribution < 1.29 is 18.2 Å². The van der Waals surface area contributed by atoms with Crippen LogP contribution in [0.1, 0.15) is 42.6 Å². The number of imidazole rings is 1. The first-order chi connectivity index (χ1) is 17.0. The summed E-state index contributed by atoms with van der Waals surface area (Å²) in [6.07, 6.45) is 2.97. The topological polar surface area (TPSA) is 115 Å². The predicted octanol–water partition coefficient (Wildman–Crippen LogP) is 4.64. The molecule has 2 aliphatic rings. The summed E-state index contributed by atoms with van der Waals surface area (Å²) < 4.78 is 29.4. The number of fused-ring (bicyclic) bond motifs is 2. The van der Waals surface area contributed by atoms with Gasteiger partial charge in [-0.1, -0.05) is 25.1 Å². The van der Waals surface area contributed by atoms with E-state index in [1.165, 1.54) is 6.33 Å². The third-order valence-corrected chi connectivity index (χ3v) is 8.20. The van der Waals surface area contributed by atoms with Gasteiger partial charge in [-0.25, -0.2) is 19.3 Å². The molecule has 182 valence electrons. The lowest BCUT2D eigenvalue weighted by Crippen LogP contribution is -2.32. The van der Waals surface area contributed by atoms with Crippen molar-refractivity contribution in [1.82, 2.24) is 19.5 Å². The number of alkyl halides is 1. The molecule has 5 rings (SSSR count). The number of hydrogen-bond acceptors (Lipinski definition) is 7. The Labute approximate surface area is 203 Å². The summed E-state index contributed by atoms with van der Waals surface area (Å²) in [6.45, 7) is 4.13. The number of nitrogens with one attached hydrogen (secondary N) is 1. The van der Waals surface area contributed by atoms with Gasteiger partial charge in [0.1, 0.15) is 18.6 Å². The number of amides is 1. The van der Waals surface area contributed by atoms with Crippen LogP contribution < -0.4 is 5.32 Å². The van der Waals surface area contributed by atoms with E-state index in [1.54, 1.807) is 41.8 Å². The first-order valence-corrected chi connectivity index (χ1v) is 13.2. The summed E-state index contributed by atoms with van der Waals surface area (Å²) >= 11 is 0. The van der Waals surface area contributed by atoms with Crippen LogP contribution in [-0.2, 0) is 9.05 Å². The monoisotopic (exact) mass is 496 g/mol. The smallest absolute Gasteiger partial charge is 0.256 e. The van der Waals surface area contributed by atoms with Gasteiger partial charge in [-0.15, -0.1) is 0 Å². The standard InChI is InChI=1S/C24H26FN6O3P/c1-3-24-12-16(24)19(17(25)20(24)34-35(2)33-11-7-10-26)31-14-29-18-21(27-13-28-22(18)31)30-23(32)15-8-5-4-6-9-15/h4-6,8-9,13-14,16-17,19-20H,3,7,11-12H2,1-2H3,(H,27,28,30,32)/t16-,17+,19-,20+,24-,35?/m1/s1. The van der Waals surface area contributed by atoms with Crippen LogP contribution in [-0.4, -0.2) is 51.0 Å². The van der Waals surface area contributed by atoms with Gasteiger partial charge >= 0.3 is 0 Å². The van der Waals surface area contributed by atoms with Crippen molar-refractivity contribution in [1.29, 1.82) is 5.26 Å². The number of nitrogens with zero attached hydrogens (tertiary/aromatic N) is 5. The number of halogens is 1. The number of rotatable bonds is 9. The zero-order valence-electron chi connectivity index (χ0n) is 19.5. The van der Waals surface area contributed by atoms with Gasteiger partial charge in [0.2, 0.25) is 0 Å². The molecule has 9 nitrogen and oxygen atoms in total. The van der Waals surface area contributed by atoms with Gasteiger partial charge in [-0.2, -0.15) is 5.26 Å². The Morgan fingerprint density at radius 3 is 2.89 bits per heavy atom. The Bertz CT molecular complexity index is 1270. The van der Waals surface area contributed by atoms with Crippen molar-refractivity contribution in [3.8, 4) is 6.07 Å². The SMILES string of the molecule is CC[C@@]12C[C@@H]1[C@@H](n1cnc3c(NC(=O)c4ccccc4)ncnc31)[C@H](F)[C@@H]2OP(C)OCCC#N. The average molecular weight is 496 g/mol. The maximum Gasteiger partial charge on any atom is 0.256 e. The summed E-state index contributed by atoms with van der Waals surface area (Å²) in [5.41, 5.74) is 1.12. The minimum Gasteiger partial charge on any atom is -0.333 e. The second-order valence-electron chi connectivity index (χ2n) is 8.91. The number of benzene rings is 1. The lowest BCUT2D eigenvalue weighted by molar-refractivity contribution is 0.0475. The molecule has 2 aromatic heterocycles. The molecule has 1 aromatic carbocycles. The molecule has 3 aromatic rings. The van der Waals surface area contributed by atoms with Crippen molar-refractivity contribution in [3.63, 3.8) is 0 Å². The average Bonchev–Trinajstić information content (AvgIpc) is 3.36. The van der Waals surface area contributed by atoms with Crippen LogP contribution in [0.25, 0.3) is 11.2 Å². The quantitative estimate of drug-likeness (QED) is 0.339. The van der Waals surface area contributed by atoms with E-state index in [-0.39, 0.29) is 36.1 Å². The van der Waals surface area contributed by atoms with Crippen molar-refractivity contribution >= 4 is 31.3 Å². The number of aromatic nitrogens is 4. The van der Waals surface area contributed by atoms with Crippen LogP contribution in [0, 0.1) is 22.7 Å². The molecule has 1 unspecified atom stereocenters. The summed E-state index contributed by atoms with van der Waals surface area (Å²) in [5, 5.41) is 11.5. The fourth-order valence-electron chi connectivity index (χ4n) is 5.32. The summed E-state index contributed by atoms with van der Waals surface area (Å²) in [7, 11) is -1.30. The van der Waals surface area contributed by atoms with Gasteiger partial charge in [-0.05, 0) is 30.9 Å². The molecule has 11 heteroatoms. The number of anilines is 1. The van der Waals surface area contributed by atoms with Crippen LogP contribution in [0.2, 0.25) is 0 Å². The number of nitriles is 1. The zero-order chi connectivity index (χ0) is 24.6. The number of hydrogen-bond donors (Lipinski definition) is 1. The van der Waals surface area contributed by atoms with Gasteiger partial charge in [0.25, 0.3) is 5.91 Å². The van der Waals surface area contributed by atoms with E-state index in [9.17, 15) is 4.79 Å².